The van der Waals surface area contributed by atoms with Crippen LogP contribution in [0, 0.1) is 0 Å². The van der Waals surface area contributed by atoms with Crippen LogP contribution in [-0.4, -0.2) is 25.2 Å². The lowest BCUT2D eigenvalue weighted by molar-refractivity contribution is -0.144. The largest absolute Gasteiger partial charge is 0.466 e. The van der Waals surface area contributed by atoms with Crippen molar-refractivity contribution in [1.29, 1.82) is 0 Å². The molecule has 4 nitrogen and oxygen atoms in total. The maximum Gasteiger partial charge on any atom is 0.305 e. The molecule has 0 radical (unpaired) electrons. The van der Waals surface area contributed by atoms with Crippen molar-refractivity contribution in [2.75, 3.05) is 13.2 Å². The molecule has 0 aliphatic heterocycles. The average Bonchev–Trinajstić information content (AvgIpc) is 2.74. The summed E-state index contributed by atoms with van der Waals surface area (Å²) >= 11 is 6.09. The van der Waals surface area contributed by atoms with E-state index >= 15 is 0 Å². The molecule has 1 rings (SSSR count). The van der Waals surface area contributed by atoms with Gasteiger partial charge in [0.05, 0.1) is 13.2 Å². The number of ether oxygens (including phenoxy) is 2. The summed E-state index contributed by atoms with van der Waals surface area (Å²) in [4.78, 5) is 23.4. The van der Waals surface area contributed by atoms with Gasteiger partial charge in [-0.1, -0.05) is 88.1 Å². The Kier molecular flexibility index (Phi) is 16.1. The molecule has 0 aliphatic carbocycles. The Balaban J connectivity index is 1.87. The normalized spacial score (nSPS) is 10.7. The molecule has 0 fully saturated rings. The molecule has 0 N–H and O–H groups in total. The SMILES string of the molecule is CCCCCCCOC(=O)CCCCCCCCC(=O)OCCc1ccccc1Cl. The minimum atomic E-state index is -0.139. The van der Waals surface area contributed by atoms with Crippen LogP contribution in [0.2, 0.25) is 5.02 Å². The molecule has 5 heteroatoms. The van der Waals surface area contributed by atoms with Crippen LogP contribution in [0.25, 0.3) is 0 Å². The van der Waals surface area contributed by atoms with Crippen molar-refractivity contribution in [2.45, 2.75) is 96.8 Å². The van der Waals surface area contributed by atoms with Gasteiger partial charge in [0.25, 0.3) is 0 Å². The third kappa shape index (κ3) is 14.4. The van der Waals surface area contributed by atoms with Crippen LogP contribution in [0.4, 0.5) is 0 Å². The number of unbranched alkanes of at least 4 members (excludes halogenated alkanes) is 9. The van der Waals surface area contributed by atoms with Crippen LogP contribution in [0.1, 0.15) is 96.0 Å². The molecule has 0 saturated carbocycles. The van der Waals surface area contributed by atoms with E-state index in [4.69, 9.17) is 21.1 Å². The van der Waals surface area contributed by atoms with Crippen molar-refractivity contribution in [3.8, 4) is 0 Å². The molecule has 0 saturated heterocycles. The zero-order chi connectivity index (χ0) is 21.9. The minimum Gasteiger partial charge on any atom is -0.466 e. The zero-order valence-electron chi connectivity index (χ0n) is 18.6. The summed E-state index contributed by atoms with van der Waals surface area (Å²) in [5, 5.41) is 0.712. The fourth-order valence-electron chi connectivity index (χ4n) is 3.26. The molecule has 0 aliphatic rings. The summed E-state index contributed by atoms with van der Waals surface area (Å²) in [6.07, 6.45) is 13.4. The molecular weight excluding hydrogens is 400 g/mol. The maximum absolute atomic E-state index is 11.8. The second-order valence-corrected chi connectivity index (χ2v) is 8.23. The Morgan fingerprint density at radius 1 is 0.733 bits per heavy atom. The highest BCUT2D eigenvalue weighted by Crippen LogP contribution is 2.15. The highest BCUT2D eigenvalue weighted by Gasteiger charge is 2.05. The third-order valence-electron chi connectivity index (χ3n) is 5.12. The van der Waals surface area contributed by atoms with E-state index < -0.39 is 0 Å². The van der Waals surface area contributed by atoms with E-state index in [2.05, 4.69) is 6.92 Å². The average molecular weight is 439 g/mol. The number of rotatable bonds is 18. The minimum absolute atomic E-state index is 0.0648. The van der Waals surface area contributed by atoms with E-state index in [0.29, 0.717) is 37.5 Å². The summed E-state index contributed by atoms with van der Waals surface area (Å²) < 4.78 is 10.5. The number of esters is 2. The fraction of sp³-hybridized carbons (Fsp3) is 0.680. The second kappa shape index (κ2) is 18.2. The number of hydrogen-bond acceptors (Lipinski definition) is 4. The molecule has 1 aromatic rings. The Bertz CT molecular complexity index is 588. The summed E-state index contributed by atoms with van der Waals surface area (Å²) in [5.74, 6) is -0.204. The first-order chi connectivity index (χ1) is 14.6. The van der Waals surface area contributed by atoms with Crippen LogP contribution in [0.3, 0.4) is 0 Å². The molecule has 0 unspecified atom stereocenters. The van der Waals surface area contributed by atoms with Crippen LogP contribution in [0.15, 0.2) is 24.3 Å². The Morgan fingerprint density at radius 3 is 1.90 bits per heavy atom. The Hall–Kier alpha value is -1.55. The first kappa shape index (κ1) is 26.5. The van der Waals surface area contributed by atoms with Crippen LogP contribution >= 0.6 is 11.6 Å². The maximum atomic E-state index is 11.8. The van der Waals surface area contributed by atoms with Crippen molar-refractivity contribution in [1.82, 2.24) is 0 Å². The van der Waals surface area contributed by atoms with Gasteiger partial charge in [-0.25, -0.2) is 0 Å². The van der Waals surface area contributed by atoms with Gasteiger partial charge in [0.1, 0.15) is 0 Å². The third-order valence-corrected chi connectivity index (χ3v) is 5.48. The summed E-state index contributed by atoms with van der Waals surface area (Å²) in [6, 6.07) is 7.61. The van der Waals surface area contributed by atoms with Crippen molar-refractivity contribution in [3.63, 3.8) is 0 Å². The van der Waals surface area contributed by atoms with Crippen molar-refractivity contribution in [2.24, 2.45) is 0 Å². The number of halogens is 1. The molecule has 30 heavy (non-hydrogen) atoms. The lowest BCUT2D eigenvalue weighted by atomic mass is 10.1. The lowest BCUT2D eigenvalue weighted by Gasteiger charge is -2.06. The molecule has 0 aromatic heterocycles. The quantitative estimate of drug-likeness (QED) is 0.182. The summed E-state index contributed by atoms with van der Waals surface area (Å²) in [7, 11) is 0. The highest BCUT2D eigenvalue weighted by molar-refractivity contribution is 6.31. The van der Waals surface area contributed by atoms with Gasteiger partial charge in [-0.3, -0.25) is 9.59 Å². The zero-order valence-corrected chi connectivity index (χ0v) is 19.4. The molecule has 1 aromatic carbocycles. The highest BCUT2D eigenvalue weighted by atomic mass is 35.5. The van der Waals surface area contributed by atoms with Gasteiger partial charge in [-0.2, -0.15) is 0 Å². The van der Waals surface area contributed by atoms with Crippen LogP contribution in [-0.2, 0) is 25.5 Å². The van der Waals surface area contributed by atoms with E-state index in [1.54, 1.807) is 0 Å². The molecule has 170 valence electrons. The first-order valence-electron chi connectivity index (χ1n) is 11.7. The lowest BCUT2D eigenvalue weighted by Crippen LogP contribution is -2.07. The molecule has 0 atom stereocenters. The van der Waals surface area contributed by atoms with Crippen molar-refractivity contribution >= 4 is 23.5 Å². The Labute approximate surface area is 187 Å². The topological polar surface area (TPSA) is 52.6 Å². The number of carbonyl (C=O) groups is 2. The standard InChI is InChI=1S/C25H39ClO4/c1-2-3-4-9-14-20-29-24(27)17-10-7-5-6-8-11-18-25(28)30-21-19-22-15-12-13-16-23(22)26/h12-13,15-16H,2-11,14,17-21H2,1H3. The van der Waals surface area contributed by atoms with Gasteiger partial charge in [-0.15, -0.1) is 0 Å². The van der Waals surface area contributed by atoms with Crippen molar-refractivity contribution in [3.05, 3.63) is 34.9 Å². The molecule has 0 amide bonds. The van der Waals surface area contributed by atoms with Gasteiger partial charge in [0, 0.05) is 24.3 Å². The molecule has 0 spiro atoms. The predicted molar refractivity (Wildman–Crippen MR) is 123 cm³/mol. The van der Waals surface area contributed by atoms with Gasteiger partial charge in [0.15, 0.2) is 0 Å². The molecule has 0 bridgehead atoms. The van der Waals surface area contributed by atoms with Crippen molar-refractivity contribution < 1.29 is 19.1 Å². The Morgan fingerprint density at radius 2 is 1.27 bits per heavy atom. The fourth-order valence-corrected chi connectivity index (χ4v) is 3.49. The van der Waals surface area contributed by atoms with Gasteiger partial charge >= 0.3 is 11.9 Å². The number of hydrogen-bond donors (Lipinski definition) is 0. The molecule has 0 heterocycles. The van der Waals surface area contributed by atoms with E-state index in [1.807, 2.05) is 24.3 Å². The van der Waals surface area contributed by atoms with E-state index in [0.717, 1.165) is 56.9 Å². The number of benzene rings is 1. The number of carbonyl (C=O) groups excluding carboxylic acids is 2. The van der Waals surface area contributed by atoms with Gasteiger partial charge in [0.2, 0.25) is 0 Å². The van der Waals surface area contributed by atoms with Crippen LogP contribution in [0.5, 0.6) is 0 Å². The van der Waals surface area contributed by atoms with Gasteiger partial charge < -0.3 is 9.47 Å². The smallest absolute Gasteiger partial charge is 0.305 e. The van der Waals surface area contributed by atoms with E-state index in [-0.39, 0.29) is 11.9 Å². The second-order valence-electron chi connectivity index (χ2n) is 7.82. The summed E-state index contributed by atoms with van der Waals surface area (Å²) in [5.41, 5.74) is 1.00. The summed E-state index contributed by atoms with van der Waals surface area (Å²) in [6.45, 7) is 3.13. The molecular formula is C25H39ClO4. The monoisotopic (exact) mass is 438 g/mol. The van der Waals surface area contributed by atoms with Crippen LogP contribution < -0.4 is 0 Å². The first-order valence-corrected chi connectivity index (χ1v) is 12.1. The van der Waals surface area contributed by atoms with E-state index in [1.165, 1.54) is 19.3 Å². The van der Waals surface area contributed by atoms with Gasteiger partial charge in [-0.05, 0) is 30.9 Å². The predicted octanol–water partition coefficient (Wildman–Crippen LogP) is 7.06. The van der Waals surface area contributed by atoms with E-state index in [9.17, 15) is 9.59 Å².